The normalized spacial score (nSPS) is 11.4. The van der Waals surface area contributed by atoms with E-state index in [4.69, 9.17) is 9.47 Å². The van der Waals surface area contributed by atoms with Gasteiger partial charge >= 0.3 is 12.1 Å². The molecule has 0 unspecified atom stereocenters. The number of hydrogen-bond acceptors (Lipinski definition) is 5. The summed E-state index contributed by atoms with van der Waals surface area (Å²) in [4.78, 5) is 15.8. The van der Waals surface area contributed by atoms with E-state index in [1.807, 2.05) is 44.2 Å². The Bertz CT molecular complexity index is 1780. The lowest BCUT2D eigenvalue weighted by atomic mass is 9.97. The van der Waals surface area contributed by atoms with Gasteiger partial charge < -0.3 is 14.6 Å². The van der Waals surface area contributed by atoms with Crippen LogP contribution in [0.15, 0.2) is 85.1 Å². The van der Waals surface area contributed by atoms with Gasteiger partial charge in [0.25, 0.3) is 0 Å². The van der Waals surface area contributed by atoms with Crippen LogP contribution >= 0.6 is 0 Å². The summed E-state index contributed by atoms with van der Waals surface area (Å²) in [6, 6.07) is 23.6. The molecule has 0 amide bonds. The third-order valence-corrected chi connectivity index (χ3v) is 6.85. The topological polar surface area (TPSA) is 86.5 Å². The summed E-state index contributed by atoms with van der Waals surface area (Å²) in [6.07, 6.45) is -4.29. The minimum absolute atomic E-state index is 0.178. The van der Waals surface area contributed by atoms with Crippen LogP contribution in [-0.2, 0) is 12.8 Å². The standard InChI is InChI=1S/C32H26F3N3O4/c1-19-15-21(24-14-13-23(41-3)16-20(24)2)11-12-22(19)18-42-28-9-5-4-7-25(28)27-8-6-10-29(37-27)38-30(32(33,34)35)26(17-36-38)31(39)40/h4-17H,18H2,1-3H3,(H,39,40). The molecular formula is C32H26F3N3O4. The van der Waals surface area contributed by atoms with E-state index in [1.165, 1.54) is 12.1 Å². The third kappa shape index (κ3) is 5.69. The molecule has 0 spiro atoms. The van der Waals surface area contributed by atoms with Gasteiger partial charge in [-0.05, 0) is 78.1 Å². The van der Waals surface area contributed by atoms with Crippen molar-refractivity contribution in [2.45, 2.75) is 26.6 Å². The van der Waals surface area contributed by atoms with Gasteiger partial charge in [0.15, 0.2) is 11.5 Å². The highest BCUT2D eigenvalue weighted by Gasteiger charge is 2.41. The second kappa shape index (κ2) is 11.4. The minimum atomic E-state index is -4.96. The van der Waals surface area contributed by atoms with Crippen molar-refractivity contribution >= 4 is 5.97 Å². The molecule has 3 aromatic carbocycles. The lowest BCUT2D eigenvalue weighted by Gasteiger charge is -2.15. The Labute approximate surface area is 239 Å². The Morgan fingerprint density at radius 3 is 2.40 bits per heavy atom. The number of nitrogens with zero attached hydrogens (tertiary/aromatic N) is 3. The number of methoxy groups -OCH3 is 1. The molecule has 5 aromatic rings. The fraction of sp³-hybridized carbons (Fsp3) is 0.156. The van der Waals surface area contributed by atoms with Crippen LogP contribution in [0.4, 0.5) is 13.2 Å². The zero-order chi connectivity index (χ0) is 30.0. The highest BCUT2D eigenvalue weighted by Crippen LogP contribution is 2.35. The van der Waals surface area contributed by atoms with Crippen molar-refractivity contribution in [3.8, 4) is 39.7 Å². The van der Waals surface area contributed by atoms with Crippen molar-refractivity contribution in [2.24, 2.45) is 0 Å². The van der Waals surface area contributed by atoms with E-state index in [-0.39, 0.29) is 12.4 Å². The smallest absolute Gasteiger partial charge is 0.434 e. The molecule has 0 saturated heterocycles. The summed E-state index contributed by atoms with van der Waals surface area (Å²) < 4.78 is 53.3. The number of carboxylic acid groups (broad SMARTS) is 1. The van der Waals surface area contributed by atoms with Gasteiger partial charge in [-0.2, -0.15) is 18.3 Å². The molecule has 0 fully saturated rings. The van der Waals surface area contributed by atoms with Crippen molar-refractivity contribution in [1.82, 2.24) is 14.8 Å². The van der Waals surface area contributed by atoms with E-state index in [0.717, 1.165) is 33.6 Å². The second-order valence-corrected chi connectivity index (χ2v) is 9.61. The van der Waals surface area contributed by atoms with Gasteiger partial charge in [0.2, 0.25) is 0 Å². The van der Waals surface area contributed by atoms with Gasteiger partial charge in [0, 0.05) is 5.56 Å². The lowest BCUT2D eigenvalue weighted by molar-refractivity contribution is -0.143. The van der Waals surface area contributed by atoms with Gasteiger partial charge in [-0.15, -0.1) is 0 Å². The predicted octanol–water partition coefficient (Wildman–Crippen LogP) is 7.52. The molecule has 1 N–H and O–H groups in total. The molecule has 0 atom stereocenters. The molecule has 0 aliphatic rings. The number of halogens is 3. The van der Waals surface area contributed by atoms with E-state index < -0.39 is 23.4 Å². The predicted molar refractivity (Wildman–Crippen MR) is 151 cm³/mol. The summed E-state index contributed by atoms with van der Waals surface area (Å²) in [5, 5.41) is 12.9. The van der Waals surface area contributed by atoms with Crippen LogP contribution in [-0.4, -0.2) is 33.0 Å². The van der Waals surface area contributed by atoms with Gasteiger partial charge in [0.1, 0.15) is 23.7 Å². The molecule has 0 aliphatic carbocycles. The maximum absolute atomic E-state index is 13.8. The number of pyridine rings is 1. The first-order chi connectivity index (χ1) is 20.1. The molecule has 2 aromatic heterocycles. The summed E-state index contributed by atoms with van der Waals surface area (Å²) in [5.41, 5.74) is 3.80. The molecular weight excluding hydrogens is 547 g/mol. The number of aromatic nitrogens is 3. The lowest BCUT2D eigenvalue weighted by Crippen LogP contribution is -2.18. The first-order valence-corrected chi connectivity index (χ1v) is 12.9. The number of aryl methyl sites for hydroxylation is 2. The van der Waals surface area contributed by atoms with Crippen LogP contribution in [0.1, 0.15) is 32.7 Å². The number of ether oxygens (including phenoxy) is 2. The van der Waals surface area contributed by atoms with Crippen LogP contribution in [0.5, 0.6) is 11.5 Å². The fourth-order valence-electron chi connectivity index (χ4n) is 4.71. The molecule has 0 saturated carbocycles. The average molecular weight is 574 g/mol. The van der Waals surface area contributed by atoms with Crippen LogP contribution in [0.2, 0.25) is 0 Å². The zero-order valence-electron chi connectivity index (χ0n) is 22.9. The Morgan fingerprint density at radius 2 is 1.71 bits per heavy atom. The van der Waals surface area contributed by atoms with Gasteiger partial charge in [-0.25, -0.2) is 14.5 Å². The Balaban J connectivity index is 1.42. The Hall–Kier alpha value is -5.12. The quantitative estimate of drug-likeness (QED) is 0.207. The van der Waals surface area contributed by atoms with Crippen molar-refractivity contribution in [3.05, 3.63) is 113 Å². The minimum Gasteiger partial charge on any atom is -0.497 e. The van der Waals surface area contributed by atoms with Crippen molar-refractivity contribution in [1.29, 1.82) is 0 Å². The van der Waals surface area contributed by atoms with E-state index >= 15 is 0 Å². The van der Waals surface area contributed by atoms with Gasteiger partial charge in [0.05, 0.1) is 19.0 Å². The number of aromatic carboxylic acids is 1. The third-order valence-electron chi connectivity index (χ3n) is 6.85. The van der Waals surface area contributed by atoms with E-state index in [0.29, 0.717) is 27.9 Å². The fourth-order valence-corrected chi connectivity index (χ4v) is 4.71. The van der Waals surface area contributed by atoms with Crippen LogP contribution in [0.25, 0.3) is 28.2 Å². The monoisotopic (exact) mass is 573 g/mol. The van der Waals surface area contributed by atoms with Gasteiger partial charge in [-0.3, -0.25) is 0 Å². The molecule has 7 nitrogen and oxygen atoms in total. The van der Waals surface area contributed by atoms with Crippen molar-refractivity contribution in [3.63, 3.8) is 0 Å². The van der Waals surface area contributed by atoms with E-state index in [1.54, 1.807) is 37.4 Å². The first-order valence-electron chi connectivity index (χ1n) is 12.9. The van der Waals surface area contributed by atoms with Crippen LogP contribution in [0, 0.1) is 13.8 Å². The number of para-hydroxylation sites is 1. The van der Waals surface area contributed by atoms with Crippen molar-refractivity contribution < 1.29 is 32.5 Å². The van der Waals surface area contributed by atoms with E-state index in [2.05, 4.69) is 16.1 Å². The molecule has 42 heavy (non-hydrogen) atoms. The van der Waals surface area contributed by atoms with Crippen LogP contribution < -0.4 is 9.47 Å². The molecule has 214 valence electrons. The van der Waals surface area contributed by atoms with Crippen molar-refractivity contribution in [2.75, 3.05) is 7.11 Å². The van der Waals surface area contributed by atoms with E-state index in [9.17, 15) is 23.1 Å². The highest BCUT2D eigenvalue weighted by molar-refractivity contribution is 5.89. The maximum atomic E-state index is 13.8. The Kier molecular flexibility index (Phi) is 7.71. The molecule has 10 heteroatoms. The second-order valence-electron chi connectivity index (χ2n) is 9.61. The van der Waals surface area contributed by atoms with Gasteiger partial charge in [-0.1, -0.05) is 42.5 Å². The van der Waals surface area contributed by atoms with Crippen LogP contribution in [0.3, 0.4) is 0 Å². The number of rotatable bonds is 8. The molecule has 2 heterocycles. The molecule has 0 radical (unpaired) electrons. The largest absolute Gasteiger partial charge is 0.497 e. The summed E-state index contributed by atoms with van der Waals surface area (Å²) in [6.45, 7) is 4.29. The molecule has 0 aliphatic heterocycles. The SMILES string of the molecule is COc1ccc(-c2ccc(COc3ccccc3-c3cccc(-n4ncc(C(=O)O)c4C(F)(F)F)n3)c(C)c2)c(C)c1. The highest BCUT2D eigenvalue weighted by atomic mass is 19.4. The number of benzene rings is 3. The summed E-state index contributed by atoms with van der Waals surface area (Å²) in [5.74, 6) is -0.625. The molecule has 0 bridgehead atoms. The summed E-state index contributed by atoms with van der Waals surface area (Å²) in [7, 11) is 1.64. The average Bonchev–Trinajstić information content (AvgIpc) is 3.44. The first kappa shape index (κ1) is 28.4. The molecule has 5 rings (SSSR count). The maximum Gasteiger partial charge on any atom is 0.434 e. The number of hydrogen-bond donors (Lipinski definition) is 1. The number of carboxylic acids is 1. The Morgan fingerprint density at radius 1 is 0.929 bits per heavy atom. The number of carbonyl (C=O) groups is 1. The summed E-state index contributed by atoms with van der Waals surface area (Å²) >= 11 is 0. The zero-order valence-corrected chi connectivity index (χ0v) is 22.9. The number of alkyl halides is 3.